The third-order valence-electron chi connectivity index (χ3n) is 9.61. The van der Waals surface area contributed by atoms with Crippen LogP contribution < -0.4 is 0 Å². The van der Waals surface area contributed by atoms with E-state index in [1.54, 1.807) is 6.92 Å². The Hall–Kier alpha value is -0.570. The Labute approximate surface area is 159 Å². The second kappa shape index (κ2) is 6.50. The summed E-state index contributed by atoms with van der Waals surface area (Å²) in [7, 11) is 0. The lowest BCUT2D eigenvalue weighted by atomic mass is 9.44. The summed E-state index contributed by atoms with van der Waals surface area (Å²) in [6.07, 6.45) is 11.2. The Kier molecular flexibility index (Phi) is 4.69. The van der Waals surface area contributed by atoms with E-state index in [0.717, 1.165) is 36.5 Å². The molecule has 0 aromatic carbocycles. The molecule has 4 aliphatic rings. The third-order valence-corrected chi connectivity index (χ3v) is 9.61. The molecule has 4 saturated carbocycles. The van der Waals surface area contributed by atoms with Crippen LogP contribution in [0.5, 0.6) is 0 Å². The monoisotopic (exact) mass is 362 g/mol. The standard InChI is InChI=1S/C23H38O3/c1-14(24)19-7-8-20-18-6-5-16-13-17(26-15(2)25)9-11-22(16,3)21(18)10-12-23(19,20)4/h14,16-21,24H,5-13H2,1-4H3/t14?,16?,17-,18-,19+,20-,21-,22-,23+/m0/s1. The van der Waals surface area contributed by atoms with Crippen LogP contribution in [-0.4, -0.2) is 23.3 Å². The van der Waals surface area contributed by atoms with Crippen molar-refractivity contribution >= 4 is 5.97 Å². The molecule has 0 heterocycles. The highest BCUT2D eigenvalue weighted by Gasteiger charge is 2.60. The summed E-state index contributed by atoms with van der Waals surface area (Å²) in [5.74, 6) is 3.61. The summed E-state index contributed by atoms with van der Waals surface area (Å²) in [6, 6.07) is 0. The molecular formula is C23H38O3. The highest BCUT2D eigenvalue weighted by molar-refractivity contribution is 5.66. The van der Waals surface area contributed by atoms with Gasteiger partial charge in [0, 0.05) is 6.92 Å². The molecule has 4 fully saturated rings. The number of hydrogen-bond acceptors (Lipinski definition) is 3. The summed E-state index contributed by atoms with van der Waals surface area (Å²) in [4.78, 5) is 11.4. The van der Waals surface area contributed by atoms with Crippen LogP contribution >= 0.6 is 0 Å². The number of carbonyl (C=O) groups excluding carboxylic acids is 1. The quantitative estimate of drug-likeness (QED) is 0.706. The zero-order chi connectivity index (χ0) is 18.7. The van der Waals surface area contributed by atoms with Gasteiger partial charge in [0.1, 0.15) is 6.10 Å². The van der Waals surface area contributed by atoms with Crippen LogP contribution in [0.4, 0.5) is 0 Å². The number of hydrogen-bond donors (Lipinski definition) is 1. The molecule has 1 N–H and O–H groups in total. The third kappa shape index (κ3) is 2.75. The van der Waals surface area contributed by atoms with E-state index in [4.69, 9.17) is 4.74 Å². The molecule has 2 unspecified atom stereocenters. The van der Waals surface area contributed by atoms with E-state index in [1.165, 1.54) is 44.9 Å². The topological polar surface area (TPSA) is 46.5 Å². The number of rotatable bonds is 2. The van der Waals surface area contributed by atoms with E-state index in [1.807, 2.05) is 6.92 Å². The maximum absolute atomic E-state index is 11.4. The minimum absolute atomic E-state index is 0.115. The summed E-state index contributed by atoms with van der Waals surface area (Å²) in [5, 5.41) is 10.4. The molecule has 4 rings (SSSR count). The lowest BCUT2D eigenvalue weighted by Crippen LogP contribution is -2.54. The molecule has 4 aliphatic carbocycles. The van der Waals surface area contributed by atoms with Gasteiger partial charge >= 0.3 is 5.97 Å². The summed E-state index contributed by atoms with van der Waals surface area (Å²) < 4.78 is 5.58. The zero-order valence-corrected chi connectivity index (χ0v) is 17.2. The van der Waals surface area contributed by atoms with Crippen LogP contribution in [0.15, 0.2) is 0 Å². The first kappa shape index (κ1) is 18.8. The highest BCUT2D eigenvalue weighted by atomic mass is 16.5. The molecule has 9 atom stereocenters. The van der Waals surface area contributed by atoms with Gasteiger partial charge in [-0.25, -0.2) is 0 Å². The smallest absolute Gasteiger partial charge is 0.302 e. The van der Waals surface area contributed by atoms with Gasteiger partial charge in [0.05, 0.1) is 6.10 Å². The van der Waals surface area contributed by atoms with Gasteiger partial charge in [-0.3, -0.25) is 4.79 Å². The molecular weight excluding hydrogens is 324 g/mol. The van der Waals surface area contributed by atoms with Crippen molar-refractivity contribution in [3.63, 3.8) is 0 Å². The van der Waals surface area contributed by atoms with Crippen molar-refractivity contribution in [2.24, 2.45) is 40.4 Å². The van der Waals surface area contributed by atoms with E-state index in [2.05, 4.69) is 13.8 Å². The second-order valence-electron chi connectivity index (χ2n) is 10.6. The summed E-state index contributed by atoms with van der Waals surface area (Å²) >= 11 is 0. The molecule has 0 aliphatic heterocycles. The molecule has 0 aromatic rings. The Morgan fingerprint density at radius 3 is 2.38 bits per heavy atom. The average molecular weight is 363 g/mol. The van der Waals surface area contributed by atoms with Gasteiger partial charge in [0.2, 0.25) is 0 Å². The van der Waals surface area contributed by atoms with Gasteiger partial charge in [0.15, 0.2) is 0 Å². The summed E-state index contributed by atoms with van der Waals surface area (Å²) in [6.45, 7) is 8.61. The molecule has 0 amide bonds. The van der Waals surface area contributed by atoms with E-state index in [9.17, 15) is 9.90 Å². The van der Waals surface area contributed by atoms with Gasteiger partial charge in [-0.2, -0.15) is 0 Å². The van der Waals surface area contributed by atoms with Crippen LogP contribution in [0.2, 0.25) is 0 Å². The van der Waals surface area contributed by atoms with Gasteiger partial charge < -0.3 is 9.84 Å². The number of aliphatic hydroxyl groups is 1. The first-order valence-corrected chi connectivity index (χ1v) is 11.1. The van der Waals surface area contributed by atoms with Crippen LogP contribution in [0, 0.1) is 40.4 Å². The largest absolute Gasteiger partial charge is 0.463 e. The Bertz CT molecular complexity index is 558. The fraction of sp³-hybridized carbons (Fsp3) is 0.957. The maximum atomic E-state index is 11.4. The van der Waals surface area contributed by atoms with Crippen molar-refractivity contribution in [3.8, 4) is 0 Å². The minimum atomic E-state index is -0.160. The molecule has 26 heavy (non-hydrogen) atoms. The molecule has 0 radical (unpaired) electrons. The average Bonchev–Trinajstić information content (AvgIpc) is 2.92. The molecule has 0 saturated heterocycles. The van der Waals surface area contributed by atoms with Gasteiger partial charge in [-0.15, -0.1) is 0 Å². The Morgan fingerprint density at radius 1 is 1.00 bits per heavy atom. The molecule has 148 valence electrons. The van der Waals surface area contributed by atoms with Crippen molar-refractivity contribution in [2.75, 3.05) is 0 Å². The predicted molar refractivity (Wildman–Crippen MR) is 102 cm³/mol. The van der Waals surface area contributed by atoms with Crippen molar-refractivity contribution in [3.05, 3.63) is 0 Å². The van der Waals surface area contributed by atoms with Crippen LogP contribution in [0.3, 0.4) is 0 Å². The first-order chi connectivity index (χ1) is 12.3. The fourth-order valence-corrected chi connectivity index (χ4v) is 8.39. The molecule has 0 bridgehead atoms. The minimum Gasteiger partial charge on any atom is -0.463 e. The number of carbonyl (C=O) groups is 1. The number of ether oxygens (including phenoxy) is 1. The zero-order valence-electron chi connectivity index (χ0n) is 17.2. The first-order valence-electron chi connectivity index (χ1n) is 11.1. The molecule has 3 heteroatoms. The van der Waals surface area contributed by atoms with Crippen molar-refractivity contribution < 1.29 is 14.6 Å². The Balaban J connectivity index is 1.53. The Morgan fingerprint density at radius 2 is 1.69 bits per heavy atom. The van der Waals surface area contributed by atoms with Crippen molar-refractivity contribution in [1.82, 2.24) is 0 Å². The van der Waals surface area contributed by atoms with Gasteiger partial charge in [-0.1, -0.05) is 13.8 Å². The lowest BCUT2D eigenvalue weighted by molar-refractivity contribution is -0.161. The van der Waals surface area contributed by atoms with E-state index in [0.29, 0.717) is 16.7 Å². The number of aliphatic hydroxyl groups excluding tert-OH is 1. The highest BCUT2D eigenvalue weighted by Crippen LogP contribution is 2.67. The SMILES string of the molecule is CC(=O)O[C@H]1CC[C@@]2(C)C(CC[C@H]3[C@@H]4CC[C@H](C(C)O)[C@@]4(C)CC[C@@H]32)C1. The van der Waals surface area contributed by atoms with E-state index >= 15 is 0 Å². The molecule has 0 aromatic heterocycles. The van der Waals surface area contributed by atoms with Crippen molar-refractivity contribution in [2.45, 2.75) is 97.7 Å². The lowest BCUT2D eigenvalue weighted by Gasteiger charge is -2.61. The second-order valence-corrected chi connectivity index (χ2v) is 10.6. The van der Waals surface area contributed by atoms with Crippen LogP contribution in [-0.2, 0) is 9.53 Å². The van der Waals surface area contributed by atoms with Gasteiger partial charge in [-0.05, 0) is 105 Å². The van der Waals surface area contributed by atoms with Crippen molar-refractivity contribution in [1.29, 1.82) is 0 Å². The molecule has 0 spiro atoms. The maximum Gasteiger partial charge on any atom is 0.302 e. The number of fused-ring (bicyclic) bond motifs is 5. The molecule has 3 nitrogen and oxygen atoms in total. The number of esters is 1. The predicted octanol–water partition coefficient (Wildman–Crippen LogP) is 4.96. The van der Waals surface area contributed by atoms with Crippen LogP contribution in [0.1, 0.15) is 85.5 Å². The van der Waals surface area contributed by atoms with Crippen LogP contribution in [0.25, 0.3) is 0 Å². The van der Waals surface area contributed by atoms with E-state index in [-0.39, 0.29) is 18.2 Å². The fourth-order valence-electron chi connectivity index (χ4n) is 8.39. The van der Waals surface area contributed by atoms with E-state index < -0.39 is 0 Å². The van der Waals surface area contributed by atoms with Gasteiger partial charge in [0.25, 0.3) is 0 Å². The normalized spacial score (nSPS) is 51.7. The summed E-state index contributed by atoms with van der Waals surface area (Å²) in [5.41, 5.74) is 0.789.